The van der Waals surface area contributed by atoms with Crippen LogP contribution in [0.3, 0.4) is 0 Å². The molecule has 4 fully saturated rings. The van der Waals surface area contributed by atoms with Gasteiger partial charge in [0.2, 0.25) is 5.91 Å². The fourth-order valence-corrected chi connectivity index (χ4v) is 7.77. The lowest BCUT2D eigenvalue weighted by molar-refractivity contribution is -0.116. The highest BCUT2D eigenvalue weighted by molar-refractivity contribution is 8.01. The van der Waals surface area contributed by atoms with Gasteiger partial charge in [0.25, 0.3) is 0 Å². The maximum atomic E-state index is 12.8. The van der Waals surface area contributed by atoms with Crippen molar-refractivity contribution in [2.24, 2.45) is 17.8 Å². The van der Waals surface area contributed by atoms with Crippen LogP contribution in [0.5, 0.6) is 0 Å². The molecular weight excluding hydrogens is 330 g/mol. The first-order chi connectivity index (χ1) is 12.0. The predicted molar refractivity (Wildman–Crippen MR) is 101 cm³/mol. The Bertz CT molecular complexity index is 721. The summed E-state index contributed by atoms with van der Waals surface area (Å²) in [5, 5.41) is 2.88. The number of thioether (sulfide) groups is 1. The summed E-state index contributed by atoms with van der Waals surface area (Å²) < 4.78 is 0.381. The first-order valence-electron chi connectivity index (χ1n) is 9.63. The number of anilines is 1. The summed E-state index contributed by atoms with van der Waals surface area (Å²) in [6.07, 6.45) is 8.32. The zero-order chi connectivity index (χ0) is 17.2. The normalized spacial score (nSPS) is 37.9. The van der Waals surface area contributed by atoms with Gasteiger partial charge in [0.05, 0.1) is 11.7 Å². The highest BCUT2D eigenvalue weighted by Gasteiger charge is 2.51. The van der Waals surface area contributed by atoms with Gasteiger partial charge in [-0.05, 0) is 87.0 Å². The Hall–Kier alpha value is -1.29. The van der Waals surface area contributed by atoms with E-state index < -0.39 is 0 Å². The Kier molecular flexibility index (Phi) is 3.57. The van der Waals surface area contributed by atoms with E-state index in [9.17, 15) is 9.59 Å². The Balaban J connectivity index is 1.30. The molecule has 1 aromatic rings. The average Bonchev–Trinajstić information content (AvgIpc) is 2.86. The molecule has 1 heterocycles. The molecule has 5 aliphatic rings. The summed E-state index contributed by atoms with van der Waals surface area (Å²) in [6, 6.07) is 5.69. The van der Waals surface area contributed by atoms with E-state index in [0.29, 0.717) is 10.5 Å². The number of amides is 1. The van der Waals surface area contributed by atoms with E-state index in [0.717, 1.165) is 34.6 Å². The van der Waals surface area contributed by atoms with Gasteiger partial charge in [-0.3, -0.25) is 9.59 Å². The van der Waals surface area contributed by atoms with Crippen LogP contribution in [0.15, 0.2) is 18.2 Å². The van der Waals surface area contributed by atoms with Gasteiger partial charge in [0.15, 0.2) is 5.78 Å². The first-order valence-corrected chi connectivity index (χ1v) is 10.6. The van der Waals surface area contributed by atoms with Crippen LogP contribution < -0.4 is 5.32 Å². The second kappa shape index (κ2) is 5.60. The summed E-state index contributed by atoms with van der Waals surface area (Å²) in [4.78, 5) is 24.6. The van der Waals surface area contributed by atoms with E-state index in [1.807, 2.05) is 36.9 Å². The summed E-state index contributed by atoms with van der Waals surface area (Å²) in [6.45, 7) is 1.90. The Morgan fingerprint density at radius 2 is 1.80 bits per heavy atom. The van der Waals surface area contributed by atoms with Gasteiger partial charge in [-0.2, -0.15) is 0 Å². The van der Waals surface area contributed by atoms with Crippen molar-refractivity contribution in [1.82, 2.24) is 0 Å². The zero-order valence-electron chi connectivity index (χ0n) is 14.7. The number of hydrogen-bond donors (Lipinski definition) is 1. The summed E-state index contributed by atoms with van der Waals surface area (Å²) in [7, 11) is 0. The lowest BCUT2D eigenvalue weighted by Crippen LogP contribution is -2.48. The van der Waals surface area contributed by atoms with Gasteiger partial charge in [0, 0.05) is 16.0 Å². The fraction of sp³-hybridized carbons (Fsp3) is 0.619. The number of benzene rings is 1. The summed E-state index contributed by atoms with van der Waals surface area (Å²) >= 11 is 1.94. The molecule has 1 aliphatic heterocycles. The largest absolute Gasteiger partial charge is 0.325 e. The number of carbonyl (C=O) groups is 2. The van der Waals surface area contributed by atoms with Crippen LogP contribution in [-0.2, 0) is 4.79 Å². The lowest BCUT2D eigenvalue weighted by atomic mass is 9.56. The van der Waals surface area contributed by atoms with Crippen molar-refractivity contribution in [3.8, 4) is 0 Å². The topological polar surface area (TPSA) is 46.2 Å². The number of carbonyl (C=O) groups excluding carboxylic acids is 2. The quantitative estimate of drug-likeness (QED) is 0.801. The molecule has 132 valence electrons. The Morgan fingerprint density at radius 1 is 1.16 bits per heavy atom. The molecule has 4 saturated carbocycles. The number of fused-ring (bicyclic) bond motifs is 1. The third-order valence-electron chi connectivity index (χ3n) is 6.98. The molecule has 1 aromatic carbocycles. The standard InChI is InChI=1S/C21H25NO2S/c1-12-17-7-16(2-3-18(17)22-20(12)24)19(23)11-25-21-8-13-4-14(9-21)6-15(5-13)10-21/h2-3,7,12-15H,4-6,8-11H2,1H3,(H,22,24)/t12-,13?,14?,15?,21?/m1/s1. The molecule has 0 aromatic heterocycles. The van der Waals surface area contributed by atoms with E-state index in [1.165, 1.54) is 38.5 Å². The monoisotopic (exact) mass is 355 g/mol. The highest BCUT2D eigenvalue weighted by atomic mass is 32.2. The van der Waals surface area contributed by atoms with Gasteiger partial charge < -0.3 is 5.32 Å². The number of hydrogen-bond acceptors (Lipinski definition) is 3. The first kappa shape index (κ1) is 15.9. The molecule has 6 rings (SSSR count). The van der Waals surface area contributed by atoms with Gasteiger partial charge in [-0.15, -0.1) is 11.8 Å². The highest BCUT2D eigenvalue weighted by Crippen LogP contribution is 2.60. The molecule has 4 heteroatoms. The Morgan fingerprint density at radius 3 is 2.44 bits per heavy atom. The molecule has 4 bridgehead atoms. The molecule has 0 unspecified atom stereocenters. The molecule has 4 aliphatic carbocycles. The third-order valence-corrected chi connectivity index (χ3v) is 8.50. The van der Waals surface area contributed by atoms with Crippen LogP contribution in [0.1, 0.15) is 67.3 Å². The smallest absolute Gasteiger partial charge is 0.231 e. The SMILES string of the molecule is C[C@H]1C(=O)Nc2ccc(C(=O)CSC34CC5CC(CC(C5)C3)C4)cc21. The van der Waals surface area contributed by atoms with Crippen LogP contribution in [-0.4, -0.2) is 22.2 Å². The van der Waals surface area contributed by atoms with Crippen molar-refractivity contribution >= 4 is 29.1 Å². The molecule has 0 saturated heterocycles. The molecule has 1 atom stereocenters. The van der Waals surface area contributed by atoms with Crippen molar-refractivity contribution in [2.75, 3.05) is 11.1 Å². The average molecular weight is 356 g/mol. The number of nitrogens with one attached hydrogen (secondary N) is 1. The van der Waals surface area contributed by atoms with Gasteiger partial charge in [0.1, 0.15) is 0 Å². The number of rotatable bonds is 4. The third kappa shape index (κ3) is 2.64. The molecule has 0 spiro atoms. The minimum Gasteiger partial charge on any atom is -0.325 e. The van der Waals surface area contributed by atoms with Crippen molar-refractivity contribution in [3.63, 3.8) is 0 Å². The molecule has 1 N–H and O–H groups in total. The molecule has 1 amide bonds. The maximum Gasteiger partial charge on any atom is 0.231 e. The molecule has 0 radical (unpaired) electrons. The minimum atomic E-state index is -0.154. The van der Waals surface area contributed by atoms with E-state index >= 15 is 0 Å². The molecule has 25 heavy (non-hydrogen) atoms. The zero-order valence-corrected chi connectivity index (χ0v) is 15.5. The van der Waals surface area contributed by atoms with Crippen LogP contribution in [0.25, 0.3) is 0 Å². The van der Waals surface area contributed by atoms with Crippen LogP contribution in [0, 0.1) is 17.8 Å². The second-order valence-electron chi connectivity index (χ2n) is 8.83. The van der Waals surface area contributed by atoms with E-state index in [-0.39, 0.29) is 17.6 Å². The summed E-state index contributed by atoms with van der Waals surface area (Å²) in [5.41, 5.74) is 2.60. The van der Waals surface area contributed by atoms with Crippen molar-refractivity contribution in [3.05, 3.63) is 29.3 Å². The van der Waals surface area contributed by atoms with Gasteiger partial charge >= 0.3 is 0 Å². The van der Waals surface area contributed by atoms with E-state index in [4.69, 9.17) is 0 Å². The maximum absolute atomic E-state index is 12.8. The lowest BCUT2D eigenvalue weighted by Gasteiger charge is -2.56. The Labute approximate surface area is 153 Å². The van der Waals surface area contributed by atoms with E-state index in [2.05, 4.69) is 5.32 Å². The predicted octanol–water partition coefficient (Wildman–Crippen LogP) is 4.63. The van der Waals surface area contributed by atoms with Crippen molar-refractivity contribution in [2.45, 2.75) is 56.1 Å². The number of ketones is 1. The van der Waals surface area contributed by atoms with Crippen LogP contribution in [0.2, 0.25) is 0 Å². The van der Waals surface area contributed by atoms with Gasteiger partial charge in [-0.1, -0.05) is 0 Å². The van der Waals surface area contributed by atoms with E-state index in [1.54, 1.807) is 0 Å². The molecular formula is C21H25NO2S. The van der Waals surface area contributed by atoms with Crippen LogP contribution in [0.4, 0.5) is 5.69 Å². The fourth-order valence-electron chi connectivity index (χ4n) is 6.10. The second-order valence-corrected chi connectivity index (χ2v) is 10.3. The number of Topliss-reactive ketones (excluding diaryl/α,β-unsaturated/α-hetero) is 1. The van der Waals surface area contributed by atoms with Crippen molar-refractivity contribution in [1.29, 1.82) is 0 Å². The van der Waals surface area contributed by atoms with Gasteiger partial charge in [-0.25, -0.2) is 0 Å². The van der Waals surface area contributed by atoms with Crippen LogP contribution >= 0.6 is 11.8 Å². The summed E-state index contributed by atoms with van der Waals surface area (Å²) in [5.74, 6) is 3.45. The molecule has 3 nitrogen and oxygen atoms in total. The minimum absolute atomic E-state index is 0.0301. The van der Waals surface area contributed by atoms with Crippen molar-refractivity contribution < 1.29 is 9.59 Å².